The van der Waals surface area contributed by atoms with E-state index < -0.39 is 27.9 Å². The second-order valence-corrected chi connectivity index (χ2v) is 10.9. The SMILES string of the molecule is CS(=O)(=O)Nc1ccn(C(=O)N2CCN(Cc3ccc(C(F)(F)F)c(N4CCC(O)CC4)c3)CC2)n1. The number of carbonyl (C=O) groups is 1. The second kappa shape index (κ2) is 10.3. The van der Waals surface area contributed by atoms with Gasteiger partial charge in [-0.2, -0.15) is 17.9 Å². The minimum absolute atomic E-state index is 0.0470. The lowest BCUT2D eigenvalue weighted by molar-refractivity contribution is -0.137. The van der Waals surface area contributed by atoms with Gasteiger partial charge in [-0.15, -0.1) is 5.10 Å². The van der Waals surface area contributed by atoms with Crippen molar-refractivity contribution in [3.8, 4) is 0 Å². The summed E-state index contributed by atoms with van der Waals surface area (Å²) in [7, 11) is -3.51. The van der Waals surface area contributed by atoms with Gasteiger partial charge in [0.15, 0.2) is 5.82 Å². The average molecular weight is 531 g/mol. The predicted octanol–water partition coefficient (Wildman–Crippen LogP) is 2.02. The number of benzene rings is 1. The Balaban J connectivity index is 1.38. The van der Waals surface area contributed by atoms with Crippen molar-refractivity contribution >= 4 is 27.6 Å². The molecular weight excluding hydrogens is 501 g/mol. The van der Waals surface area contributed by atoms with Crippen LogP contribution in [-0.4, -0.2) is 90.8 Å². The molecule has 1 amide bonds. The summed E-state index contributed by atoms with van der Waals surface area (Å²) >= 11 is 0. The largest absolute Gasteiger partial charge is 0.418 e. The van der Waals surface area contributed by atoms with Crippen molar-refractivity contribution < 1.29 is 31.5 Å². The number of carbonyl (C=O) groups excluding carboxylic acids is 1. The van der Waals surface area contributed by atoms with E-state index in [0.29, 0.717) is 58.7 Å². The number of rotatable bonds is 5. The summed E-state index contributed by atoms with van der Waals surface area (Å²) in [6.07, 6.45) is -1.73. The summed E-state index contributed by atoms with van der Waals surface area (Å²) in [5.74, 6) is 0.0470. The zero-order valence-electron chi connectivity index (χ0n) is 19.8. The minimum atomic E-state index is -4.47. The minimum Gasteiger partial charge on any atom is -0.393 e. The molecule has 1 aromatic heterocycles. The maximum atomic E-state index is 13.6. The Morgan fingerprint density at radius 1 is 1.11 bits per heavy atom. The summed E-state index contributed by atoms with van der Waals surface area (Å²) in [4.78, 5) is 18.1. The maximum absolute atomic E-state index is 13.6. The molecule has 14 heteroatoms. The predicted molar refractivity (Wildman–Crippen MR) is 127 cm³/mol. The van der Waals surface area contributed by atoms with Gasteiger partial charge in [-0.05, 0) is 30.5 Å². The van der Waals surface area contributed by atoms with Gasteiger partial charge >= 0.3 is 12.2 Å². The van der Waals surface area contributed by atoms with Gasteiger partial charge in [-0.1, -0.05) is 6.07 Å². The van der Waals surface area contributed by atoms with Crippen LogP contribution in [-0.2, 0) is 22.7 Å². The van der Waals surface area contributed by atoms with E-state index in [0.717, 1.165) is 22.6 Å². The first kappa shape index (κ1) is 26.2. The van der Waals surface area contributed by atoms with E-state index in [1.54, 1.807) is 15.9 Å². The van der Waals surface area contributed by atoms with E-state index in [2.05, 4.69) is 14.7 Å². The van der Waals surface area contributed by atoms with Crippen LogP contribution in [0.15, 0.2) is 30.5 Å². The third-order valence-electron chi connectivity index (χ3n) is 6.30. The van der Waals surface area contributed by atoms with Gasteiger partial charge in [0, 0.05) is 63.8 Å². The van der Waals surface area contributed by atoms with Crippen LogP contribution in [0.3, 0.4) is 0 Å². The number of piperidine rings is 1. The normalized spacial score (nSPS) is 18.5. The van der Waals surface area contributed by atoms with Crippen LogP contribution in [0, 0.1) is 0 Å². The zero-order chi connectivity index (χ0) is 26.1. The number of aliphatic hydroxyl groups excluding tert-OH is 1. The number of hydrogen-bond donors (Lipinski definition) is 2. The lowest BCUT2D eigenvalue weighted by Gasteiger charge is -2.35. The van der Waals surface area contributed by atoms with Crippen molar-refractivity contribution in [3.05, 3.63) is 41.6 Å². The molecule has 1 aromatic carbocycles. The quantitative estimate of drug-likeness (QED) is 0.609. The highest BCUT2D eigenvalue weighted by atomic mass is 32.2. The first-order chi connectivity index (χ1) is 16.9. The number of nitrogens with zero attached hydrogens (tertiary/aromatic N) is 5. The van der Waals surface area contributed by atoms with Crippen molar-refractivity contribution in [1.82, 2.24) is 19.6 Å². The van der Waals surface area contributed by atoms with E-state index in [-0.39, 0.29) is 17.5 Å². The Morgan fingerprint density at radius 3 is 2.39 bits per heavy atom. The molecule has 2 aromatic rings. The fourth-order valence-electron chi connectivity index (χ4n) is 4.46. The van der Waals surface area contributed by atoms with Gasteiger partial charge in [-0.3, -0.25) is 9.62 Å². The number of hydrogen-bond acceptors (Lipinski definition) is 7. The molecule has 198 valence electrons. The van der Waals surface area contributed by atoms with Crippen molar-refractivity contribution in [3.63, 3.8) is 0 Å². The molecular formula is C22H29F3N6O4S. The second-order valence-electron chi connectivity index (χ2n) is 9.13. The van der Waals surface area contributed by atoms with Crippen LogP contribution in [0.2, 0.25) is 0 Å². The Hall–Kier alpha value is -2.84. The lowest BCUT2D eigenvalue weighted by Crippen LogP contribution is -2.49. The van der Waals surface area contributed by atoms with E-state index in [9.17, 15) is 31.5 Å². The first-order valence-electron chi connectivity index (χ1n) is 11.6. The lowest BCUT2D eigenvalue weighted by atomic mass is 10.0. The monoisotopic (exact) mass is 530 g/mol. The molecule has 4 rings (SSSR count). The van der Waals surface area contributed by atoms with Crippen LogP contribution in [0.1, 0.15) is 24.0 Å². The Bertz CT molecular complexity index is 1190. The zero-order valence-corrected chi connectivity index (χ0v) is 20.6. The van der Waals surface area contributed by atoms with Crippen molar-refractivity contribution in [2.24, 2.45) is 0 Å². The number of anilines is 2. The number of halogens is 3. The van der Waals surface area contributed by atoms with Crippen LogP contribution in [0.25, 0.3) is 0 Å². The van der Waals surface area contributed by atoms with Gasteiger partial charge < -0.3 is 14.9 Å². The summed E-state index contributed by atoms with van der Waals surface area (Å²) in [5.41, 5.74) is 0.201. The van der Waals surface area contributed by atoms with Crippen LogP contribution in [0.5, 0.6) is 0 Å². The van der Waals surface area contributed by atoms with Gasteiger partial charge in [0.05, 0.1) is 17.9 Å². The molecule has 36 heavy (non-hydrogen) atoms. The average Bonchev–Trinajstić information content (AvgIpc) is 3.25. The summed E-state index contributed by atoms with van der Waals surface area (Å²) in [6.45, 7) is 3.00. The molecule has 0 radical (unpaired) electrons. The van der Waals surface area contributed by atoms with Crippen LogP contribution in [0.4, 0.5) is 29.5 Å². The Kier molecular flexibility index (Phi) is 7.48. The topological polar surface area (TPSA) is 111 Å². The van der Waals surface area contributed by atoms with Gasteiger partial charge in [0.25, 0.3) is 0 Å². The summed E-state index contributed by atoms with van der Waals surface area (Å²) in [5, 5.41) is 13.7. The highest BCUT2D eigenvalue weighted by Gasteiger charge is 2.36. The fourth-order valence-corrected chi connectivity index (χ4v) is 4.95. The molecule has 2 aliphatic heterocycles. The van der Waals surface area contributed by atoms with E-state index >= 15 is 0 Å². The number of aromatic nitrogens is 2. The molecule has 0 atom stereocenters. The number of nitrogens with one attached hydrogen (secondary N) is 1. The van der Waals surface area contributed by atoms with E-state index in [1.165, 1.54) is 18.3 Å². The molecule has 0 unspecified atom stereocenters. The summed E-state index contributed by atoms with van der Waals surface area (Å²) in [6, 6.07) is 5.19. The maximum Gasteiger partial charge on any atom is 0.418 e. The number of alkyl halides is 3. The third kappa shape index (κ3) is 6.48. The van der Waals surface area contributed by atoms with E-state index in [1.807, 2.05) is 0 Å². The van der Waals surface area contributed by atoms with Crippen LogP contribution < -0.4 is 9.62 Å². The Labute approximate surface area is 207 Å². The van der Waals surface area contributed by atoms with Gasteiger partial charge in [0.1, 0.15) is 0 Å². The summed E-state index contributed by atoms with van der Waals surface area (Å²) < 4.78 is 66.9. The van der Waals surface area contributed by atoms with Gasteiger partial charge in [0.2, 0.25) is 10.0 Å². The molecule has 2 fully saturated rings. The third-order valence-corrected chi connectivity index (χ3v) is 6.88. The molecule has 0 saturated carbocycles. The Morgan fingerprint density at radius 2 is 1.78 bits per heavy atom. The molecule has 2 N–H and O–H groups in total. The number of aliphatic hydroxyl groups is 1. The number of sulfonamides is 1. The van der Waals surface area contributed by atoms with Gasteiger partial charge in [-0.25, -0.2) is 13.2 Å². The highest BCUT2D eigenvalue weighted by Crippen LogP contribution is 2.38. The smallest absolute Gasteiger partial charge is 0.393 e. The highest BCUT2D eigenvalue weighted by molar-refractivity contribution is 7.92. The fraction of sp³-hybridized carbons (Fsp3) is 0.545. The van der Waals surface area contributed by atoms with Crippen molar-refractivity contribution in [1.29, 1.82) is 0 Å². The molecule has 2 aliphatic rings. The molecule has 0 bridgehead atoms. The molecule has 10 nitrogen and oxygen atoms in total. The van der Waals surface area contributed by atoms with Crippen molar-refractivity contribution in [2.75, 3.05) is 55.1 Å². The molecule has 2 saturated heterocycles. The first-order valence-corrected chi connectivity index (χ1v) is 13.5. The standard InChI is InChI=1S/C22H29F3N6O4S/c1-36(34,35)27-20-6-9-31(26-20)21(33)30-12-10-28(11-13-30)15-16-2-3-18(22(23,24)25)19(14-16)29-7-4-17(32)5-8-29/h2-3,6,9,14,17,32H,4-5,7-8,10-13,15H2,1H3,(H,26,27). The van der Waals surface area contributed by atoms with Crippen molar-refractivity contribution in [2.45, 2.75) is 31.7 Å². The van der Waals surface area contributed by atoms with E-state index in [4.69, 9.17) is 0 Å². The number of piperazine rings is 1. The molecule has 0 spiro atoms. The van der Waals surface area contributed by atoms with Crippen LogP contribution >= 0.6 is 0 Å². The molecule has 3 heterocycles. The number of amides is 1. The molecule has 0 aliphatic carbocycles.